The molecule has 2 saturated heterocycles. The van der Waals surface area contributed by atoms with Gasteiger partial charge in [-0.3, -0.25) is 4.79 Å². The maximum Gasteiger partial charge on any atom is 0.229 e. The van der Waals surface area contributed by atoms with Crippen LogP contribution in [0.15, 0.2) is 36.9 Å². The van der Waals surface area contributed by atoms with Gasteiger partial charge in [0.2, 0.25) is 5.91 Å². The van der Waals surface area contributed by atoms with E-state index in [-0.39, 0.29) is 17.5 Å². The zero-order chi connectivity index (χ0) is 24.8. The number of fused-ring (bicyclic) bond motifs is 1. The zero-order valence-corrected chi connectivity index (χ0v) is 20.2. The fourth-order valence-electron chi connectivity index (χ4n) is 5.58. The van der Waals surface area contributed by atoms with E-state index >= 15 is 0 Å². The number of anilines is 1. The lowest BCUT2D eigenvalue weighted by molar-refractivity contribution is -0.151. The number of nitrogens with two attached hydrogens (primary N) is 1. The molecule has 0 aliphatic carbocycles. The highest BCUT2D eigenvalue weighted by molar-refractivity contribution is 5.84. The summed E-state index contributed by atoms with van der Waals surface area (Å²) in [5.41, 5.74) is 6.13. The van der Waals surface area contributed by atoms with Crippen molar-refractivity contribution in [3.63, 3.8) is 0 Å². The van der Waals surface area contributed by atoms with Gasteiger partial charge in [0.25, 0.3) is 0 Å². The van der Waals surface area contributed by atoms with E-state index in [2.05, 4.69) is 26.9 Å². The summed E-state index contributed by atoms with van der Waals surface area (Å²) in [7, 11) is 2.06. The summed E-state index contributed by atoms with van der Waals surface area (Å²) in [6, 6.07) is 6.09. The highest BCUT2D eigenvalue weighted by Gasteiger charge is 2.47. The van der Waals surface area contributed by atoms with E-state index in [0.717, 1.165) is 18.7 Å². The first-order valence-corrected chi connectivity index (χ1v) is 12.1. The summed E-state index contributed by atoms with van der Waals surface area (Å²) < 4.78 is 15.8. The van der Waals surface area contributed by atoms with Gasteiger partial charge in [0.15, 0.2) is 11.5 Å². The molecular weight excluding hydrogens is 449 g/mol. The first-order valence-electron chi connectivity index (χ1n) is 12.1. The second-order valence-electron chi connectivity index (χ2n) is 10.3. The maximum absolute atomic E-state index is 14.2. The number of hydrogen-bond acceptors (Lipinski definition) is 7. The Bertz CT molecular complexity index is 1240. The van der Waals surface area contributed by atoms with Gasteiger partial charge in [-0.05, 0) is 70.4 Å². The number of aromatic nitrogens is 4. The fourth-order valence-corrected chi connectivity index (χ4v) is 5.58. The first-order chi connectivity index (χ1) is 16.7. The van der Waals surface area contributed by atoms with Crippen LogP contribution in [0.3, 0.4) is 0 Å². The van der Waals surface area contributed by atoms with Crippen LogP contribution in [-0.2, 0) is 11.2 Å². The Kier molecular flexibility index (Phi) is 5.96. The Morgan fingerprint density at radius 1 is 1.20 bits per heavy atom. The van der Waals surface area contributed by atoms with Gasteiger partial charge in [-0.2, -0.15) is 0 Å². The number of aliphatic hydroxyl groups is 1. The van der Waals surface area contributed by atoms with E-state index in [1.165, 1.54) is 18.5 Å². The van der Waals surface area contributed by atoms with Crippen molar-refractivity contribution in [3.8, 4) is 0 Å². The number of likely N-dealkylation sites (tertiary alicyclic amines) is 2. The van der Waals surface area contributed by atoms with Crippen LogP contribution in [0, 0.1) is 11.2 Å². The summed E-state index contributed by atoms with van der Waals surface area (Å²) >= 11 is 0. The van der Waals surface area contributed by atoms with Crippen LogP contribution in [0.5, 0.6) is 0 Å². The molecule has 0 unspecified atom stereocenters. The van der Waals surface area contributed by atoms with Crippen molar-refractivity contribution in [2.24, 2.45) is 5.41 Å². The number of carbonyl (C=O) groups excluding carboxylic acids is 1. The van der Waals surface area contributed by atoms with Gasteiger partial charge in [0.05, 0.1) is 23.4 Å². The molecule has 1 aromatic carbocycles. The molecule has 0 saturated carbocycles. The average Bonchev–Trinajstić information content (AvgIpc) is 3.25. The molecule has 4 heterocycles. The molecule has 5 rings (SSSR count). The number of amides is 1. The summed E-state index contributed by atoms with van der Waals surface area (Å²) in [4.78, 5) is 31.0. The third kappa shape index (κ3) is 4.36. The molecule has 2 fully saturated rings. The van der Waals surface area contributed by atoms with Gasteiger partial charge in [0, 0.05) is 13.1 Å². The predicted molar refractivity (Wildman–Crippen MR) is 130 cm³/mol. The zero-order valence-electron chi connectivity index (χ0n) is 20.2. The number of rotatable bonds is 4. The predicted octanol–water partition coefficient (Wildman–Crippen LogP) is 2.03. The van der Waals surface area contributed by atoms with Crippen LogP contribution < -0.4 is 5.73 Å². The minimum Gasteiger partial charge on any atom is -0.388 e. The second kappa shape index (κ2) is 8.83. The highest BCUT2D eigenvalue weighted by atomic mass is 19.1. The molecule has 9 nitrogen and oxygen atoms in total. The molecular formula is C25H32FN7O2. The number of imidazole rings is 1. The van der Waals surface area contributed by atoms with E-state index in [1.807, 2.05) is 11.0 Å². The van der Waals surface area contributed by atoms with Crippen molar-refractivity contribution in [1.82, 2.24) is 29.3 Å². The van der Waals surface area contributed by atoms with Crippen LogP contribution >= 0.6 is 0 Å². The van der Waals surface area contributed by atoms with Gasteiger partial charge >= 0.3 is 0 Å². The topological polar surface area (TPSA) is 113 Å². The molecule has 0 bridgehead atoms. The van der Waals surface area contributed by atoms with E-state index in [1.54, 1.807) is 23.9 Å². The van der Waals surface area contributed by atoms with E-state index < -0.39 is 17.1 Å². The summed E-state index contributed by atoms with van der Waals surface area (Å²) in [6.07, 6.45) is 5.30. The van der Waals surface area contributed by atoms with Gasteiger partial charge < -0.3 is 25.2 Å². The molecule has 3 aromatic rings. The van der Waals surface area contributed by atoms with Gasteiger partial charge in [-0.15, -0.1) is 0 Å². The molecule has 186 valence electrons. The fraction of sp³-hybridized carbons (Fsp3) is 0.520. The first kappa shape index (κ1) is 23.6. The number of benzene rings is 1. The largest absolute Gasteiger partial charge is 0.388 e. The van der Waals surface area contributed by atoms with Crippen molar-refractivity contribution < 1.29 is 14.3 Å². The molecule has 1 amide bonds. The summed E-state index contributed by atoms with van der Waals surface area (Å²) in [6.45, 7) is 4.17. The van der Waals surface area contributed by atoms with Crippen LogP contribution in [0.4, 0.5) is 10.2 Å². The number of nitrogen functional groups attached to an aromatic ring is 1. The molecule has 0 spiro atoms. The van der Waals surface area contributed by atoms with Crippen molar-refractivity contribution in [1.29, 1.82) is 0 Å². The van der Waals surface area contributed by atoms with Gasteiger partial charge in [-0.25, -0.2) is 19.3 Å². The van der Waals surface area contributed by atoms with Crippen LogP contribution in [-0.4, -0.2) is 79.2 Å². The Labute approximate surface area is 203 Å². The van der Waals surface area contributed by atoms with E-state index in [0.29, 0.717) is 49.9 Å². The van der Waals surface area contributed by atoms with E-state index in [9.17, 15) is 14.3 Å². The molecule has 2 aromatic heterocycles. The number of halogens is 1. The number of nitrogens with zero attached hydrogens (tertiary/aromatic N) is 6. The van der Waals surface area contributed by atoms with Gasteiger partial charge in [-0.1, -0.05) is 12.1 Å². The molecule has 2 aliphatic heterocycles. The lowest BCUT2D eigenvalue weighted by atomic mass is 9.72. The SMILES string of the molecule is CN1CCC(Cc2cccc(F)c2)(C(=O)N2CC[C@@](C)(O)[C@H](n3cnc4c(N)ncnc43)C2)CC1. The smallest absolute Gasteiger partial charge is 0.229 e. The van der Waals surface area contributed by atoms with Crippen molar-refractivity contribution in [2.45, 2.75) is 44.2 Å². The highest BCUT2D eigenvalue weighted by Crippen LogP contribution is 2.40. The Hall–Kier alpha value is -3.11. The summed E-state index contributed by atoms with van der Waals surface area (Å²) in [5, 5.41) is 11.3. The molecule has 2 aliphatic rings. The standard InChI is InChI=1S/C25H32FN7O2/c1-24(35)6-11-32(14-19(24)33-16-30-20-21(27)28-15-29-22(20)33)23(34)25(7-9-31(2)10-8-25)13-17-4-3-5-18(26)12-17/h3-5,12,15-16,19,35H,6-11,13-14H2,1-2H3,(H2,27,28,29)/t19-,24-/m1/s1. The maximum atomic E-state index is 14.2. The normalized spacial score (nSPS) is 25.1. The van der Waals surface area contributed by atoms with Crippen molar-refractivity contribution in [3.05, 3.63) is 48.3 Å². The Morgan fingerprint density at radius 2 is 1.97 bits per heavy atom. The average molecular weight is 482 g/mol. The summed E-state index contributed by atoms with van der Waals surface area (Å²) in [5.74, 6) is 0.0480. The Balaban J connectivity index is 1.46. The number of piperidine rings is 2. The minimum atomic E-state index is -1.06. The van der Waals surface area contributed by atoms with E-state index in [4.69, 9.17) is 5.73 Å². The van der Waals surface area contributed by atoms with Crippen LogP contribution in [0.1, 0.15) is 37.8 Å². The Morgan fingerprint density at radius 3 is 2.71 bits per heavy atom. The van der Waals surface area contributed by atoms with Gasteiger partial charge in [0.1, 0.15) is 17.7 Å². The monoisotopic (exact) mass is 481 g/mol. The lowest BCUT2D eigenvalue weighted by Crippen LogP contribution is -2.57. The molecule has 35 heavy (non-hydrogen) atoms. The molecule has 0 radical (unpaired) electrons. The van der Waals surface area contributed by atoms with Crippen molar-refractivity contribution in [2.75, 3.05) is 39.0 Å². The van der Waals surface area contributed by atoms with Crippen LogP contribution in [0.2, 0.25) is 0 Å². The third-order valence-corrected chi connectivity index (χ3v) is 7.84. The lowest BCUT2D eigenvalue weighted by Gasteiger charge is -2.48. The third-order valence-electron chi connectivity index (χ3n) is 7.84. The molecule has 3 N–H and O–H groups in total. The second-order valence-corrected chi connectivity index (χ2v) is 10.3. The van der Waals surface area contributed by atoms with Crippen LogP contribution in [0.25, 0.3) is 11.2 Å². The minimum absolute atomic E-state index is 0.0638. The molecule has 10 heteroatoms. The molecule has 2 atom stereocenters. The number of carbonyl (C=O) groups is 1. The quantitative estimate of drug-likeness (QED) is 0.586. The van der Waals surface area contributed by atoms with Crippen molar-refractivity contribution >= 4 is 22.9 Å². The number of hydrogen-bond donors (Lipinski definition) is 2.